The van der Waals surface area contributed by atoms with Crippen molar-refractivity contribution in [3.8, 4) is 0 Å². The van der Waals surface area contributed by atoms with Gasteiger partial charge in [-0.05, 0) is 43.5 Å². The maximum absolute atomic E-state index is 12.6. The van der Waals surface area contributed by atoms with Crippen LogP contribution in [-0.2, 0) is 9.59 Å². The maximum Gasteiger partial charge on any atom is 0.250 e. The molecule has 0 spiro atoms. The molecule has 2 rings (SSSR count). The molecule has 1 heterocycles. The maximum atomic E-state index is 12.6. The van der Waals surface area contributed by atoms with Gasteiger partial charge in [0.25, 0.3) is 0 Å². The molecule has 0 radical (unpaired) electrons. The Morgan fingerprint density at radius 1 is 1.25 bits per heavy atom. The van der Waals surface area contributed by atoms with E-state index in [9.17, 15) is 9.59 Å². The van der Waals surface area contributed by atoms with E-state index in [0.29, 0.717) is 12.8 Å². The summed E-state index contributed by atoms with van der Waals surface area (Å²) in [5.74, 6) is -0.0970. The lowest BCUT2D eigenvalue weighted by molar-refractivity contribution is -0.134. The van der Waals surface area contributed by atoms with Crippen molar-refractivity contribution in [1.82, 2.24) is 5.32 Å². The topological polar surface area (TPSA) is 49.4 Å². The first kappa shape index (κ1) is 15.0. The highest BCUT2D eigenvalue weighted by atomic mass is 79.9. The van der Waals surface area contributed by atoms with E-state index >= 15 is 0 Å². The van der Waals surface area contributed by atoms with Gasteiger partial charge in [0.2, 0.25) is 11.8 Å². The Labute approximate surface area is 127 Å². The third kappa shape index (κ3) is 2.59. The van der Waals surface area contributed by atoms with Crippen LogP contribution in [0.4, 0.5) is 5.69 Å². The first-order valence-electron chi connectivity index (χ1n) is 6.89. The highest BCUT2D eigenvalue weighted by molar-refractivity contribution is 9.10. The molecule has 1 N–H and O–H groups in total. The second-order valence-corrected chi connectivity index (χ2v) is 5.89. The average molecular weight is 339 g/mol. The summed E-state index contributed by atoms with van der Waals surface area (Å²) in [7, 11) is 0. The van der Waals surface area contributed by atoms with Crippen LogP contribution in [0.5, 0.6) is 0 Å². The lowest BCUT2D eigenvalue weighted by Crippen LogP contribution is -2.63. The summed E-state index contributed by atoms with van der Waals surface area (Å²) in [6, 6.07) is 4.89. The molecule has 1 aromatic carbocycles. The summed E-state index contributed by atoms with van der Waals surface area (Å²) in [4.78, 5) is 26.4. The highest BCUT2D eigenvalue weighted by Gasteiger charge is 2.39. The SMILES string of the molecule is CCC1NC(=O)C(CC)N(c2ccc(Br)c(C)c2)C1=O. The molecule has 0 saturated carbocycles. The van der Waals surface area contributed by atoms with Crippen LogP contribution in [0, 0.1) is 6.92 Å². The van der Waals surface area contributed by atoms with Crippen molar-refractivity contribution in [2.75, 3.05) is 4.90 Å². The summed E-state index contributed by atoms with van der Waals surface area (Å²) in [6.45, 7) is 5.79. The van der Waals surface area contributed by atoms with Crippen LogP contribution in [0.3, 0.4) is 0 Å². The molecule has 0 aromatic heterocycles. The normalized spacial score (nSPS) is 22.9. The van der Waals surface area contributed by atoms with E-state index in [1.807, 2.05) is 39.0 Å². The molecule has 4 nitrogen and oxygen atoms in total. The van der Waals surface area contributed by atoms with Crippen LogP contribution in [0.2, 0.25) is 0 Å². The zero-order valence-corrected chi connectivity index (χ0v) is 13.5. The summed E-state index contributed by atoms with van der Waals surface area (Å²) >= 11 is 3.46. The fourth-order valence-electron chi connectivity index (χ4n) is 2.50. The Kier molecular flexibility index (Phi) is 4.48. The van der Waals surface area contributed by atoms with Crippen LogP contribution in [0.1, 0.15) is 32.3 Å². The number of aryl methyl sites for hydroxylation is 1. The molecule has 1 aromatic rings. The Balaban J connectivity index is 2.44. The van der Waals surface area contributed by atoms with Crippen LogP contribution < -0.4 is 10.2 Å². The van der Waals surface area contributed by atoms with Crippen molar-refractivity contribution >= 4 is 33.4 Å². The lowest BCUT2D eigenvalue weighted by Gasteiger charge is -2.38. The number of hydrogen-bond donors (Lipinski definition) is 1. The summed E-state index contributed by atoms with van der Waals surface area (Å²) < 4.78 is 0.996. The first-order valence-corrected chi connectivity index (χ1v) is 7.68. The Morgan fingerprint density at radius 3 is 2.50 bits per heavy atom. The number of benzene rings is 1. The summed E-state index contributed by atoms with van der Waals surface area (Å²) in [6.07, 6.45) is 1.20. The van der Waals surface area contributed by atoms with Gasteiger partial charge in [-0.2, -0.15) is 0 Å². The Bertz CT molecular complexity index is 545. The minimum Gasteiger partial charge on any atom is -0.342 e. The summed E-state index contributed by atoms with van der Waals surface area (Å²) in [5.41, 5.74) is 1.83. The van der Waals surface area contributed by atoms with Crippen LogP contribution in [0.15, 0.2) is 22.7 Å². The smallest absolute Gasteiger partial charge is 0.250 e. The monoisotopic (exact) mass is 338 g/mol. The van der Waals surface area contributed by atoms with Crippen molar-refractivity contribution in [1.29, 1.82) is 0 Å². The second-order valence-electron chi connectivity index (χ2n) is 5.04. The van der Waals surface area contributed by atoms with E-state index in [4.69, 9.17) is 0 Å². The molecule has 0 aliphatic carbocycles. The van der Waals surface area contributed by atoms with E-state index in [-0.39, 0.29) is 11.8 Å². The number of halogens is 1. The van der Waals surface area contributed by atoms with Gasteiger partial charge in [-0.1, -0.05) is 29.8 Å². The van der Waals surface area contributed by atoms with Crippen molar-refractivity contribution in [2.24, 2.45) is 0 Å². The number of carbonyl (C=O) groups excluding carboxylic acids is 2. The third-order valence-corrected chi connectivity index (χ3v) is 4.57. The fraction of sp³-hybridized carbons (Fsp3) is 0.467. The van der Waals surface area contributed by atoms with Crippen LogP contribution in [0.25, 0.3) is 0 Å². The average Bonchev–Trinajstić information content (AvgIpc) is 2.43. The Hall–Kier alpha value is -1.36. The second kappa shape index (κ2) is 5.95. The van der Waals surface area contributed by atoms with Gasteiger partial charge in [-0.3, -0.25) is 14.5 Å². The molecule has 20 heavy (non-hydrogen) atoms. The fourth-order valence-corrected chi connectivity index (χ4v) is 2.75. The minimum atomic E-state index is -0.425. The zero-order chi connectivity index (χ0) is 14.9. The molecule has 1 saturated heterocycles. The van der Waals surface area contributed by atoms with E-state index in [2.05, 4.69) is 21.2 Å². The van der Waals surface area contributed by atoms with E-state index < -0.39 is 12.1 Å². The number of nitrogens with zero attached hydrogens (tertiary/aromatic N) is 1. The van der Waals surface area contributed by atoms with Gasteiger partial charge in [-0.15, -0.1) is 0 Å². The van der Waals surface area contributed by atoms with Gasteiger partial charge in [0.1, 0.15) is 12.1 Å². The number of carbonyl (C=O) groups is 2. The molecular weight excluding hydrogens is 320 g/mol. The molecule has 1 aliphatic rings. The van der Waals surface area contributed by atoms with Gasteiger partial charge in [-0.25, -0.2) is 0 Å². The molecule has 5 heteroatoms. The molecular formula is C15H19BrN2O2. The Morgan fingerprint density at radius 2 is 1.95 bits per heavy atom. The number of nitrogens with one attached hydrogen (secondary N) is 1. The molecule has 2 atom stereocenters. The van der Waals surface area contributed by atoms with Crippen LogP contribution >= 0.6 is 15.9 Å². The molecule has 108 valence electrons. The van der Waals surface area contributed by atoms with Gasteiger partial charge in [0.05, 0.1) is 0 Å². The number of amides is 2. The molecule has 2 amide bonds. The standard InChI is InChI=1S/C15H19BrN2O2/c1-4-12-15(20)18(13(5-2)14(19)17-12)10-6-7-11(16)9(3)8-10/h6-8,12-13H,4-5H2,1-3H3,(H,17,19). The number of hydrogen-bond acceptors (Lipinski definition) is 2. The van der Waals surface area contributed by atoms with Crippen molar-refractivity contribution in [3.05, 3.63) is 28.2 Å². The number of anilines is 1. The quantitative estimate of drug-likeness (QED) is 0.921. The van der Waals surface area contributed by atoms with E-state index in [1.54, 1.807) is 4.90 Å². The van der Waals surface area contributed by atoms with Crippen LogP contribution in [-0.4, -0.2) is 23.9 Å². The first-order chi connectivity index (χ1) is 9.49. The zero-order valence-electron chi connectivity index (χ0n) is 11.9. The van der Waals surface area contributed by atoms with Crippen molar-refractivity contribution in [3.63, 3.8) is 0 Å². The summed E-state index contributed by atoms with van der Waals surface area (Å²) in [5, 5.41) is 2.80. The number of piperazine rings is 1. The van der Waals surface area contributed by atoms with Gasteiger partial charge in [0, 0.05) is 10.2 Å². The third-order valence-electron chi connectivity index (χ3n) is 3.68. The predicted molar refractivity (Wildman–Crippen MR) is 82.7 cm³/mol. The minimum absolute atomic E-state index is 0.0272. The molecule has 0 bridgehead atoms. The number of rotatable bonds is 3. The molecule has 1 aliphatic heterocycles. The van der Waals surface area contributed by atoms with Gasteiger partial charge in [0.15, 0.2) is 0 Å². The lowest BCUT2D eigenvalue weighted by atomic mass is 10.0. The predicted octanol–water partition coefficient (Wildman–Crippen LogP) is 2.78. The van der Waals surface area contributed by atoms with E-state index in [0.717, 1.165) is 15.7 Å². The van der Waals surface area contributed by atoms with Crippen molar-refractivity contribution in [2.45, 2.75) is 45.7 Å². The molecule has 1 fully saturated rings. The van der Waals surface area contributed by atoms with Gasteiger partial charge < -0.3 is 5.32 Å². The van der Waals surface area contributed by atoms with Gasteiger partial charge >= 0.3 is 0 Å². The largest absolute Gasteiger partial charge is 0.342 e. The van der Waals surface area contributed by atoms with E-state index in [1.165, 1.54) is 0 Å². The van der Waals surface area contributed by atoms with Crippen molar-refractivity contribution < 1.29 is 9.59 Å². The highest BCUT2D eigenvalue weighted by Crippen LogP contribution is 2.27. The molecule has 2 unspecified atom stereocenters.